The number of aryl methyl sites for hydroxylation is 1. The van der Waals surface area contributed by atoms with E-state index in [1.165, 1.54) is 0 Å². The van der Waals surface area contributed by atoms with Crippen molar-refractivity contribution in [2.75, 3.05) is 0 Å². The molecule has 140 valence electrons. The molecule has 0 amide bonds. The molecule has 0 saturated carbocycles. The zero-order valence-electron chi connectivity index (χ0n) is 15.0. The lowest BCUT2D eigenvalue weighted by Crippen LogP contribution is -2.07. The van der Waals surface area contributed by atoms with Gasteiger partial charge in [-0.2, -0.15) is 0 Å². The summed E-state index contributed by atoms with van der Waals surface area (Å²) >= 11 is 9.37. The van der Waals surface area contributed by atoms with Crippen LogP contribution in [0.3, 0.4) is 0 Å². The van der Waals surface area contributed by atoms with E-state index in [2.05, 4.69) is 15.9 Å². The van der Waals surface area contributed by atoms with Gasteiger partial charge >= 0.3 is 0 Å². The molecule has 0 aliphatic heterocycles. The zero-order valence-corrected chi connectivity index (χ0v) is 17.4. The Labute approximate surface area is 175 Å². The van der Waals surface area contributed by atoms with Gasteiger partial charge in [0, 0.05) is 15.6 Å². The van der Waals surface area contributed by atoms with E-state index >= 15 is 0 Å². The summed E-state index contributed by atoms with van der Waals surface area (Å²) in [7, 11) is 0. The Morgan fingerprint density at radius 1 is 1.00 bits per heavy atom. The van der Waals surface area contributed by atoms with Crippen LogP contribution >= 0.6 is 27.5 Å². The maximum Gasteiger partial charge on any atom is 0.200 e. The first kappa shape index (κ1) is 18.8. The molecule has 0 spiro atoms. The third kappa shape index (κ3) is 3.84. The van der Waals surface area contributed by atoms with Gasteiger partial charge in [0.2, 0.25) is 5.43 Å². The zero-order chi connectivity index (χ0) is 19.7. The minimum absolute atomic E-state index is 0.0690. The molecule has 28 heavy (non-hydrogen) atoms. The SMILES string of the molecule is Cc1oc2cc(OCc3ccc(Br)cc3)ccc2c(=O)c1-c1ccc(Cl)cc1. The number of halogens is 2. The first-order valence-corrected chi connectivity index (χ1v) is 9.89. The lowest BCUT2D eigenvalue weighted by Gasteiger charge is -2.10. The highest BCUT2D eigenvalue weighted by Gasteiger charge is 2.14. The highest BCUT2D eigenvalue weighted by Crippen LogP contribution is 2.27. The molecular formula is C23H16BrClO3. The summed E-state index contributed by atoms with van der Waals surface area (Å²) in [5.41, 5.74) is 2.83. The van der Waals surface area contributed by atoms with Gasteiger partial charge in [-0.05, 0) is 54.4 Å². The van der Waals surface area contributed by atoms with E-state index in [4.69, 9.17) is 20.8 Å². The van der Waals surface area contributed by atoms with Crippen LogP contribution in [0.2, 0.25) is 5.02 Å². The number of fused-ring (bicyclic) bond motifs is 1. The second-order valence-corrected chi connectivity index (χ2v) is 7.79. The Bertz CT molecular complexity index is 1200. The Morgan fingerprint density at radius 2 is 1.71 bits per heavy atom. The fourth-order valence-electron chi connectivity index (χ4n) is 3.07. The molecule has 1 heterocycles. The molecule has 0 fully saturated rings. The maximum atomic E-state index is 13.0. The van der Waals surface area contributed by atoms with Crippen molar-refractivity contribution in [2.45, 2.75) is 13.5 Å². The number of hydrogen-bond donors (Lipinski definition) is 0. The third-order valence-corrected chi connectivity index (χ3v) is 5.27. The van der Waals surface area contributed by atoms with Crippen molar-refractivity contribution in [1.82, 2.24) is 0 Å². The third-order valence-electron chi connectivity index (χ3n) is 4.49. The highest BCUT2D eigenvalue weighted by atomic mass is 79.9. The van der Waals surface area contributed by atoms with Gasteiger partial charge in [0.25, 0.3) is 0 Å². The minimum Gasteiger partial charge on any atom is -0.489 e. The summed E-state index contributed by atoms with van der Waals surface area (Å²) in [5, 5.41) is 1.14. The lowest BCUT2D eigenvalue weighted by molar-refractivity contribution is 0.306. The normalized spacial score (nSPS) is 11.0. The molecule has 0 aliphatic rings. The molecule has 3 aromatic carbocycles. The predicted octanol–water partition coefficient (Wildman–Crippen LogP) is 6.76. The molecule has 0 atom stereocenters. The second kappa shape index (κ2) is 7.82. The van der Waals surface area contributed by atoms with Crippen molar-refractivity contribution in [2.24, 2.45) is 0 Å². The van der Waals surface area contributed by atoms with Crippen LogP contribution in [0.1, 0.15) is 11.3 Å². The number of ether oxygens (including phenoxy) is 1. The van der Waals surface area contributed by atoms with Gasteiger partial charge in [-0.3, -0.25) is 4.79 Å². The van der Waals surface area contributed by atoms with Crippen LogP contribution in [0.4, 0.5) is 0 Å². The quantitative estimate of drug-likeness (QED) is 0.341. The van der Waals surface area contributed by atoms with Gasteiger partial charge < -0.3 is 9.15 Å². The van der Waals surface area contributed by atoms with Crippen molar-refractivity contribution in [1.29, 1.82) is 0 Å². The van der Waals surface area contributed by atoms with E-state index in [9.17, 15) is 4.79 Å². The summed E-state index contributed by atoms with van der Waals surface area (Å²) in [6.07, 6.45) is 0. The van der Waals surface area contributed by atoms with Gasteiger partial charge in [0.05, 0.1) is 10.9 Å². The fraction of sp³-hybridized carbons (Fsp3) is 0.0870. The summed E-state index contributed by atoms with van der Waals surface area (Å²) in [6.45, 7) is 2.23. The Hall–Kier alpha value is -2.56. The van der Waals surface area contributed by atoms with Gasteiger partial charge in [-0.1, -0.05) is 51.8 Å². The van der Waals surface area contributed by atoms with Crippen molar-refractivity contribution >= 4 is 38.5 Å². The van der Waals surface area contributed by atoms with Crippen LogP contribution in [0.5, 0.6) is 5.75 Å². The number of hydrogen-bond acceptors (Lipinski definition) is 3. The summed E-state index contributed by atoms with van der Waals surface area (Å²) in [4.78, 5) is 13.0. The molecule has 0 radical (unpaired) electrons. The smallest absolute Gasteiger partial charge is 0.200 e. The number of benzene rings is 3. The van der Waals surface area contributed by atoms with Crippen LogP contribution in [-0.4, -0.2) is 0 Å². The van der Waals surface area contributed by atoms with E-state index in [0.717, 1.165) is 15.6 Å². The number of rotatable bonds is 4. The average molecular weight is 456 g/mol. The van der Waals surface area contributed by atoms with Gasteiger partial charge in [-0.25, -0.2) is 0 Å². The standard InChI is InChI=1S/C23H16BrClO3/c1-14-22(16-4-8-18(25)9-5-16)23(26)20-11-10-19(12-21(20)28-14)27-13-15-2-6-17(24)7-3-15/h2-12H,13H2,1H3. The summed E-state index contributed by atoms with van der Waals surface area (Å²) in [6, 6.07) is 20.4. The van der Waals surface area contributed by atoms with Crippen molar-refractivity contribution in [3.8, 4) is 16.9 Å². The van der Waals surface area contributed by atoms with Crippen molar-refractivity contribution in [3.05, 3.63) is 97.8 Å². The predicted molar refractivity (Wildman–Crippen MR) is 116 cm³/mol. The van der Waals surface area contributed by atoms with E-state index in [0.29, 0.717) is 39.7 Å². The van der Waals surface area contributed by atoms with Crippen LogP contribution < -0.4 is 10.2 Å². The fourth-order valence-corrected chi connectivity index (χ4v) is 3.46. The molecule has 0 bridgehead atoms. The van der Waals surface area contributed by atoms with Crippen LogP contribution in [0.15, 0.2) is 80.4 Å². The van der Waals surface area contributed by atoms with Crippen LogP contribution in [-0.2, 0) is 6.61 Å². The first-order valence-electron chi connectivity index (χ1n) is 8.72. The molecular weight excluding hydrogens is 440 g/mol. The van der Waals surface area contributed by atoms with Crippen molar-refractivity contribution in [3.63, 3.8) is 0 Å². The Morgan fingerprint density at radius 3 is 2.43 bits per heavy atom. The molecule has 3 nitrogen and oxygen atoms in total. The molecule has 1 aromatic heterocycles. The van der Waals surface area contributed by atoms with Gasteiger partial charge in [-0.15, -0.1) is 0 Å². The van der Waals surface area contributed by atoms with E-state index in [1.54, 1.807) is 37.3 Å². The van der Waals surface area contributed by atoms with Crippen LogP contribution in [0, 0.1) is 6.92 Å². The summed E-state index contributed by atoms with van der Waals surface area (Å²) in [5.74, 6) is 1.21. The Balaban J connectivity index is 1.67. The van der Waals surface area contributed by atoms with E-state index in [1.807, 2.05) is 36.4 Å². The highest BCUT2D eigenvalue weighted by molar-refractivity contribution is 9.10. The lowest BCUT2D eigenvalue weighted by atomic mass is 10.0. The van der Waals surface area contributed by atoms with E-state index < -0.39 is 0 Å². The molecule has 0 saturated heterocycles. The monoisotopic (exact) mass is 454 g/mol. The summed E-state index contributed by atoms with van der Waals surface area (Å²) < 4.78 is 12.8. The van der Waals surface area contributed by atoms with E-state index in [-0.39, 0.29) is 5.43 Å². The van der Waals surface area contributed by atoms with Gasteiger partial charge in [0.15, 0.2) is 0 Å². The second-order valence-electron chi connectivity index (χ2n) is 6.44. The minimum atomic E-state index is -0.0690. The molecule has 4 aromatic rings. The van der Waals surface area contributed by atoms with Crippen LogP contribution in [0.25, 0.3) is 22.1 Å². The molecule has 4 rings (SSSR count). The molecule has 0 aliphatic carbocycles. The maximum absolute atomic E-state index is 13.0. The average Bonchev–Trinajstić information content (AvgIpc) is 2.69. The van der Waals surface area contributed by atoms with Crippen molar-refractivity contribution < 1.29 is 9.15 Å². The topological polar surface area (TPSA) is 39.4 Å². The van der Waals surface area contributed by atoms with Gasteiger partial charge in [0.1, 0.15) is 23.7 Å². The molecule has 0 unspecified atom stereocenters. The molecule has 0 N–H and O–H groups in total. The first-order chi connectivity index (χ1) is 13.5. The largest absolute Gasteiger partial charge is 0.489 e. The Kier molecular flexibility index (Phi) is 5.25. The molecule has 5 heteroatoms.